The largest absolute Gasteiger partial charge is 0.478 e. The van der Waals surface area contributed by atoms with Crippen LogP contribution < -0.4 is 4.90 Å². The molecule has 0 spiro atoms. The van der Waals surface area contributed by atoms with Crippen LogP contribution in [0, 0.1) is 11.3 Å². The first-order chi connectivity index (χ1) is 11.1. The van der Waals surface area contributed by atoms with E-state index in [2.05, 4.69) is 11.1 Å². The van der Waals surface area contributed by atoms with E-state index >= 15 is 0 Å². The van der Waals surface area contributed by atoms with E-state index in [0.717, 1.165) is 11.3 Å². The molecule has 5 heteroatoms. The first-order valence-corrected chi connectivity index (χ1v) is 7.16. The Morgan fingerprint density at radius 3 is 2.70 bits per heavy atom. The van der Waals surface area contributed by atoms with Crippen molar-refractivity contribution in [3.05, 3.63) is 59.7 Å². The summed E-state index contributed by atoms with van der Waals surface area (Å²) in [5.41, 5.74) is 2.89. The number of nitriles is 1. The van der Waals surface area contributed by atoms with Gasteiger partial charge in [-0.15, -0.1) is 0 Å². The number of carboxylic acids is 1. The van der Waals surface area contributed by atoms with Crippen LogP contribution in [0.4, 0.5) is 11.4 Å². The Morgan fingerprint density at radius 1 is 1.30 bits per heavy atom. The molecule has 0 aliphatic rings. The molecule has 0 heterocycles. The van der Waals surface area contributed by atoms with Gasteiger partial charge < -0.3 is 10.0 Å². The number of hydrogen-bond donors (Lipinski definition) is 1. The summed E-state index contributed by atoms with van der Waals surface area (Å²) in [5, 5.41) is 17.5. The van der Waals surface area contributed by atoms with Crippen LogP contribution in [-0.2, 0) is 0 Å². The molecule has 0 aliphatic carbocycles. The van der Waals surface area contributed by atoms with E-state index < -0.39 is 5.97 Å². The first-order valence-electron chi connectivity index (χ1n) is 7.16. The number of benzene rings is 2. The molecular weight excluding hydrogens is 290 g/mol. The number of nitrogens with zero attached hydrogens (tertiary/aromatic N) is 3. The average molecular weight is 307 g/mol. The highest BCUT2D eigenvalue weighted by Crippen LogP contribution is 2.16. The highest BCUT2D eigenvalue weighted by Gasteiger charge is 2.02. The molecule has 0 aliphatic heterocycles. The molecule has 2 aromatic carbocycles. The molecule has 0 saturated carbocycles. The maximum Gasteiger partial charge on any atom is 0.335 e. The van der Waals surface area contributed by atoms with Gasteiger partial charge in [-0.1, -0.05) is 12.1 Å². The maximum atomic E-state index is 10.8. The molecule has 0 fully saturated rings. The monoisotopic (exact) mass is 307 g/mol. The van der Waals surface area contributed by atoms with Crippen LogP contribution in [-0.4, -0.2) is 30.9 Å². The van der Waals surface area contributed by atoms with Gasteiger partial charge in [0.2, 0.25) is 0 Å². The normalized spacial score (nSPS) is 10.4. The van der Waals surface area contributed by atoms with Crippen molar-refractivity contribution < 1.29 is 9.90 Å². The number of rotatable bonds is 6. The number of aromatic carboxylic acids is 1. The van der Waals surface area contributed by atoms with Gasteiger partial charge in [0, 0.05) is 25.5 Å². The molecular formula is C18H17N3O2. The third-order valence-corrected chi connectivity index (χ3v) is 3.35. The van der Waals surface area contributed by atoms with Gasteiger partial charge >= 0.3 is 5.97 Å². The third-order valence-electron chi connectivity index (χ3n) is 3.35. The summed E-state index contributed by atoms with van der Waals surface area (Å²) in [6.07, 6.45) is 2.21. The smallest absolute Gasteiger partial charge is 0.335 e. The number of hydrogen-bond acceptors (Lipinski definition) is 4. The first kappa shape index (κ1) is 16.2. The molecule has 1 N–H and O–H groups in total. The van der Waals surface area contributed by atoms with Gasteiger partial charge in [0.1, 0.15) is 0 Å². The zero-order valence-electron chi connectivity index (χ0n) is 12.8. The van der Waals surface area contributed by atoms with Crippen LogP contribution in [0.2, 0.25) is 0 Å². The van der Waals surface area contributed by atoms with Crippen LogP contribution in [0.3, 0.4) is 0 Å². The highest BCUT2D eigenvalue weighted by atomic mass is 16.4. The summed E-state index contributed by atoms with van der Waals surface area (Å²) in [5.74, 6) is -0.950. The Labute approximate surface area is 135 Å². The molecule has 0 radical (unpaired) electrons. The fourth-order valence-corrected chi connectivity index (χ4v) is 2.03. The predicted molar refractivity (Wildman–Crippen MR) is 90.6 cm³/mol. The van der Waals surface area contributed by atoms with Crippen molar-refractivity contribution in [3.8, 4) is 6.07 Å². The topological polar surface area (TPSA) is 76.7 Å². The van der Waals surface area contributed by atoms with Gasteiger partial charge in [0.25, 0.3) is 0 Å². The van der Waals surface area contributed by atoms with Crippen molar-refractivity contribution in [2.45, 2.75) is 6.42 Å². The second-order valence-corrected chi connectivity index (χ2v) is 5.03. The molecule has 0 atom stereocenters. The fourth-order valence-electron chi connectivity index (χ4n) is 2.03. The molecule has 2 rings (SSSR count). The molecule has 0 saturated heterocycles. The van der Waals surface area contributed by atoms with Crippen LogP contribution in [0.5, 0.6) is 0 Å². The lowest BCUT2D eigenvalue weighted by molar-refractivity contribution is 0.0697. The lowest BCUT2D eigenvalue weighted by Gasteiger charge is -2.17. The van der Waals surface area contributed by atoms with Gasteiger partial charge in [0.15, 0.2) is 0 Å². The summed E-state index contributed by atoms with van der Waals surface area (Å²) in [4.78, 5) is 17.2. The molecule has 2 aromatic rings. The minimum Gasteiger partial charge on any atom is -0.478 e. The van der Waals surface area contributed by atoms with Crippen molar-refractivity contribution in [1.29, 1.82) is 5.26 Å². The van der Waals surface area contributed by atoms with E-state index in [-0.39, 0.29) is 5.56 Å². The Hall–Kier alpha value is -3.13. The van der Waals surface area contributed by atoms with Crippen molar-refractivity contribution in [3.63, 3.8) is 0 Å². The SMILES string of the molecule is CN(CCC#N)c1cccc(C=Nc2ccc(C(=O)O)cc2)c1. The van der Waals surface area contributed by atoms with Gasteiger partial charge in [0.05, 0.1) is 23.7 Å². The molecule has 0 amide bonds. The summed E-state index contributed by atoms with van der Waals surface area (Å²) in [6.45, 7) is 0.674. The lowest BCUT2D eigenvalue weighted by Crippen LogP contribution is -2.17. The zero-order chi connectivity index (χ0) is 16.7. The summed E-state index contributed by atoms with van der Waals surface area (Å²) >= 11 is 0. The second-order valence-electron chi connectivity index (χ2n) is 5.03. The van der Waals surface area contributed by atoms with E-state index in [1.54, 1.807) is 18.3 Å². The number of anilines is 1. The summed E-state index contributed by atoms with van der Waals surface area (Å²) in [7, 11) is 1.94. The van der Waals surface area contributed by atoms with Gasteiger partial charge in [-0.05, 0) is 42.0 Å². The van der Waals surface area contributed by atoms with E-state index in [4.69, 9.17) is 10.4 Å². The van der Waals surface area contributed by atoms with Crippen LogP contribution >= 0.6 is 0 Å². The number of carboxylic acid groups (broad SMARTS) is 1. The molecule has 116 valence electrons. The zero-order valence-corrected chi connectivity index (χ0v) is 12.8. The molecule has 0 unspecified atom stereocenters. The van der Waals surface area contributed by atoms with Crippen molar-refractivity contribution in [1.82, 2.24) is 0 Å². The predicted octanol–water partition coefficient (Wildman–Crippen LogP) is 3.49. The third kappa shape index (κ3) is 4.68. The summed E-state index contributed by atoms with van der Waals surface area (Å²) < 4.78 is 0. The average Bonchev–Trinajstić information content (AvgIpc) is 2.58. The van der Waals surface area contributed by atoms with E-state index in [1.165, 1.54) is 12.1 Å². The molecule has 5 nitrogen and oxygen atoms in total. The number of aliphatic imine (C=N–C) groups is 1. The van der Waals surface area contributed by atoms with Gasteiger partial charge in [-0.25, -0.2) is 4.79 Å². The fraction of sp³-hybridized carbons (Fsp3) is 0.167. The van der Waals surface area contributed by atoms with E-state index in [0.29, 0.717) is 18.7 Å². The van der Waals surface area contributed by atoms with Gasteiger partial charge in [-0.2, -0.15) is 5.26 Å². The molecule has 0 aromatic heterocycles. The Bertz CT molecular complexity index is 746. The molecule has 23 heavy (non-hydrogen) atoms. The minimum atomic E-state index is -0.950. The van der Waals surface area contributed by atoms with Gasteiger partial charge in [-0.3, -0.25) is 4.99 Å². The second kappa shape index (κ2) is 7.76. The summed E-state index contributed by atoms with van der Waals surface area (Å²) in [6, 6.07) is 16.4. The quantitative estimate of drug-likeness (QED) is 0.829. The van der Waals surface area contributed by atoms with Crippen molar-refractivity contribution in [2.24, 2.45) is 4.99 Å². The Kier molecular flexibility index (Phi) is 5.48. The van der Waals surface area contributed by atoms with Crippen LogP contribution in [0.15, 0.2) is 53.5 Å². The Morgan fingerprint density at radius 2 is 2.04 bits per heavy atom. The van der Waals surface area contributed by atoms with Crippen LogP contribution in [0.1, 0.15) is 22.3 Å². The van der Waals surface area contributed by atoms with E-state index in [1.807, 2.05) is 36.2 Å². The lowest BCUT2D eigenvalue weighted by atomic mass is 10.2. The molecule has 0 bridgehead atoms. The standard InChI is InChI=1S/C18H17N3O2/c1-21(11-3-10-19)17-5-2-4-14(12-17)13-20-16-8-6-15(7-9-16)18(22)23/h2,4-9,12-13H,3,11H2,1H3,(H,22,23). The van der Waals surface area contributed by atoms with Crippen molar-refractivity contribution in [2.75, 3.05) is 18.5 Å². The number of carbonyl (C=O) groups is 1. The highest BCUT2D eigenvalue weighted by molar-refractivity contribution is 5.88. The van der Waals surface area contributed by atoms with Crippen molar-refractivity contribution >= 4 is 23.6 Å². The minimum absolute atomic E-state index is 0.241. The Balaban J connectivity index is 2.10. The van der Waals surface area contributed by atoms with E-state index in [9.17, 15) is 4.79 Å². The van der Waals surface area contributed by atoms with Crippen LogP contribution in [0.25, 0.3) is 0 Å². The maximum absolute atomic E-state index is 10.8.